The van der Waals surface area contributed by atoms with Gasteiger partial charge in [-0.05, 0) is 61.9 Å². The highest BCUT2D eigenvalue weighted by molar-refractivity contribution is 7.92. The van der Waals surface area contributed by atoms with Gasteiger partial charge in [0, 0.05) is 10.6 Å². The van der Waals surface area contributed by atoms with Crippen molar-refractivity contribution < 1.29 is 13.2 Å². The Kier molecular flexibility index (Phi) is 5.96. The summed E-state index contributed by atoms with van der Waals surface area (Å²) in [6.07, 6.45) is 6.81. The van der Waals surface area contributed by atoms with E-state index in [0.29, 0.717) is 16.3 Å². The summed E-state index contributed by atoms with van der Waals surface area (Å²) in [5.41, 5.74) is 5.68. The van der Waals surface area contributed by atoms with Crippen molar-refractivity contribution in [2.24, 2.45) is 5.10 Å². The summed E-state index contributed by atoms with van der Waals surface area (Å²) in [6.45, 7) is 1.77. The van der Waals surface area contributed by atoms with Gasteiger partial charge in [0.25, 0.3) is 5.91 Å². The standard InChI is InChI=1S/C19H23N3O3S2/c1-13(14-8-6-9-16(11-14)22-27(2,24)25)20-21-19(23)18-12-15-7-4-3-5-10-17(15)26-18/h6,8-9,11-12,22H,3-5,7,10H2,1-2H3,(H,21,23)/b20-13-. The molecule has 0 bridgehead atoms. The Morgan fingerprint density at radius 2 is 1.93 bits per heavy atom. The minimum Gasteiger partial charge on any atom is -0.284 e. The summed E-state index contributed by atoms with van der Waals surface area (Å²) in [5, 5.41) is 4.18. The Bertz CT molecular complexity index is 954. The van der Waals surface area contributed by atoms with E-state index < -0.39 is 10.0 Å². The third kappa shape index (κ3) is 5.40. The molecular formula is C19H23N3O3S2. The van der Waals surface area contributed by atoms with Crippen LogP contribution in [0.25, 0.3) is 0 Å². The predicted octanol–water partition coefficient (Wildman–Crippen LogP) is 3.54. The molecule has 0 saturated carbocycles. The number of carbonyl (C=O) groups is 1. The average molecular weight is 406 g/mol. The van der Waals surface area contributed by atoms with Gasteiger partial charge in [0.2, 0.25) is 10.0 Å². The van der Waals surface area contributed by atoms with Crippen molar-refractivity contribution in [3.8, 4) is 0 Å². The van der Waals surface area contributed by atoms with E-state index in [1.165, 1.54) is 29.7 Å². The summed E-state index contributed by atoms with van der Waals surface area (Å²) in [5.74, 6) is -0.210. The first-order valence-corrected chi connectivity index (χ1v) is 11.6. The molecule has 1 aliphatic rings. The number of sulfonamides is 1. The first-order valence-electron chi connectivity index (χ1n) is 8.86. The molecule has 2 aromatic rings. The van der Waals surface area contributed by atoms with E-state index in [1.54, 1.807) is 36.5 Å². The number of hydrazone groups is 1. The van der Waals surface area contributed by atoms with Crippen LogP contribution in [0.15, 0.2) is 35.4 Å². The third-order valence-corrected chi connectivity index (χ3v) is 6.22. The summed E-state index contributed by atoms with van der Waals surface area (Å²) in [6, 6.07) is 8.88. The molecule has 144 valence electrons. The lowest BCUT2D eigenvalue weighted by atomic mass is 10.1. The fourth-order valence-corrected chi connectivity index (χ4v) is 4.75. The predicted molar refractivity (Wildman–Crippen MR) is 110 cm³/mol. The summed E-state index contributed by atoms with van der Waals surface area (Å²) in [4.78, 5) is 14.4. The second kappa shape index (κ2) is 8.22. The van der Waals surface area contributed by atoms with Crippen LogP contribution in [0, 0.1) is 0 Å². The van der Waals surface area contributed by atoms with Crippen molar-refractivity contribution in [3.63, 3.8) is 0 Å². The minimum absolute atomic E-state index is 0.210. The fraction of sp³-hybridized carbons (Fsp3) is 0.368. The second-order valence-corrected chi connectivity index (χ2v) is 9.60. The molecular weight excluding hydrogens is 382 g/mol. The van der Waals surface area contributed by atoms with Gasteiger partial charge in [-0.2, -0.15) is 5.10 Å². The van der Waals surface area contributed by atoms with Crippen molar-refractivity contribution in [3.05, 3.63) is 51.2 Å². The first-order chi connectivity index (χ1) is 12.8. The van der Waals surface area contributed by atoms with Gasteiger partial charge in [0.15, 0.2) is 0 Å². The lowest BCUT2D eigenvalue weighted by Crippen LogP contribution is -2.18. The Labute approximate surface area is 163 Å². The van der Waals surface area contributed by atoms with Crippen molar-refractivity contribution in [2.45, 2.75) is 39.0 Å². The third-order valence-electron chi connectivity index (χ3n) is 4.38. The molecule has 0 unspecified atom stereocenters. The summed E-state index contributed by atoms with van der Waals surface area (Å²) in [7, 11) is -3.34. The maximum atomic E-state index is 12.4. The molecule has 1 heterocycles. The smallest absolute Gasteiger partial charge is 0.281 e. The molecule has 8 heteroatoms. The number of hydrogen-bond donors (Lipinski definition) is 2. The Morgan fingerprint density at radius 1 is 1.15 bits per heavy atom. The van der Waals surface area contributed by atoms with E-state index in [1.807, 2.05) is 12.1 Å². The van der Waals surface area contributed by atoms with E-state index in [-0.39, 0.29) is 5.91 Å². The molecule has 6 nitrogen and oxygen atoms in total. The number of nitrogens with zero attached hydrogens (tertiary/aromatic N) is 1. The molecule has 0 aliphatic heterocycles. The van der Waals surface area contributed by atoms with Gasteiger partial charge in [-0.1, -0.05) is 18.6 Å². The molecule has 1 amide bonds. The molecule has 0 radical (unpaired) electrons. The zero-order chi connectivity index (χ0) is 19.4. The second-order valence-electron chi connectivity index (χ2n) is 6.71. The van der Waals surface area contributed by atoms with E-state index in [2.05, 4.69) is 15.2 Å². The van der Waals surface area contributed by atoms with Crippen molar-refractivity contribution in [1.29, 1.82) is 0 Å². The molecule has 27 heavy (non-hydrogen) atoms. The van der Waals surface area contributed by atoms with Crippen molar-refractivity contribution >= 4 is 38.7 Å². The maximum Gasteiger partial charge on any atom is 0.281 e. The number of nitrogens with one attached hydrogen (secondary N) is 2. The number of benzene rings is 1. The normalized spacial score (nSPS) is 15.0. The van der Waals surface area contributed by atoms with Crippen LogP contribution in [0.3, 0.4) is 0 Å². The SMILES string of the molecule is C/C(=N/NC(=O)c1cc2c(s1)CCCCC2)c1cccc(NS(C)(=O)=O)c1. The van der Waals surface area contributed by atoms with E-state index in [4.69, 9.17) is 0 Å². The number of rotatable bonds is 5. The maximum absolute atomic E-state index is 12.4. The summed E-state index contributed by atoms with van der Waals surface area (Å²) < 4.78 is 25.2. The van der Waals surface area contributed by atoms with Crippen LogP contribution in [-0.2, 0) is 22.9 Å². The van der Waals surface area contributed by atoms with Crippen LogP contribution >= 0.6 is 11.3 Å². The van der Waals surface area contributed by atoms with Crippen molar-refractivity contribution in [1.82, 2.24) is 5.43 Å². The lowest BCUT2D eigenvalue weighted by Gasteiger charge is -2.06. The lowest BCUT2D eigenvalue weighted by molar-refractivity contribution is 0.0959. The van der Waals surface area contributed by atoms with Gasteiger partial charge >= 0.3 is 0 Å². The molecule has 0 fully saturated rings. The van der Waals surface area contributed by atoms with E-state index in [9.17, 15) is 13.2 Å². The van der Waals surface area contributed by atoms with E-state index >= 15 is 0 Å². The quantitative estimate of drug-likeness (QED) is 0.453. The molecule has 1 aromatic carbocycles. The molecule has 0 saturated heterocycles. The topological polar surface area (TPSA) is 87.6 Å². The molecule has 0 atom stereocenters. The van der Waals surface area contributed by atoms with Crippen molar-refractivity contribution in [2.75, 3.05) is 11.0 Å². The van der Waals surface area contributed by atoms with Crippen LogP contribution in [0.2, 0.25) is 0 Å². The fourth-order valence-electron chi connectivity index (χ4n) is 3.06. The van der Waals surface area contributed by atoms with E-state index in [0.717, 1.165) is 24.7 Å². The molecule has 1 aromatic heterocycles. The van der Waals surface area contributed by atoms with Gasteiger partial charge in [-0.3, -0.25) is 9.52 Å². The number of thiophene rings is 1. The average Bonchev–Trinajstić information content (AvgIpc) is 2.89. The number of hydrogen-bond acceptors (Lipinski definition) is 5. The highest BCUT2D eigenvalue weighted by atomic mass is 32.2. The Morgan fingerprint density at radius 3 is 2.70 bits per heavy atom. The van der Waals surface area contributed by atoms with Crippen LogP contribution in [0.4, 0.5) is 5.69 Å². The zero-order valence-corrected chi connectivity index (χ0v) is 17.0. The van der Waals surface area contributed by atoms with Crippen LogP contribution in [-0.4, -0.2) is 26.3 Å². The molecule has 0 spiro atoms. The Balaban J connectivity index is 1.70. The molecule has 3 rings (SSSR count). The minimum atomic E-state index is -3.34. The number of amides is 1. The van der Waals surface area contributed by atoms with Crippen LogP contribution in [0.5, 0.6) is 0 Å². The Hall–Kier alpha value is -2.19. The van der Waals surface area contributed by atoms with Gasteiger partial charge in [-0.25, -0.2) is 13.8 Å². The molecule has 1 aliphatic carbocycles. The van der Waals surface area contributed by atoms with Crippen LogP contribution < -0.4 is 10.1 Å². The van der Waals surface area contributed by atoms with Gasteiger partial charge < -0.3 is 0 Å². The number of aryl methyl sites for hydroxylation is 2. The van der Waals surface area contributed by atoms with Gasteiger partial charge in [0.1, 0.15) is 0 Å². The number of anilines is 1. The zero-order valence-electron chi connectivity index (χ0n) is 15.4. The molecule has 2 N–H and O–H groups in total. The number of carbonyl (C=O) groups excluding carboxylic acids is 1. The number of fused-ring (bicyclic) bond motifs is 1. The highest BCUT2D eigenvalue weighted by Gasteiger charge is 2.16. The monoisotopic (exact) mass is 405 g/mol. The summed E-state index contributed by atoms with van der Waals surface area (Å²) >= 11 is 1.56. The first kappa shape index (κ1) is 19.6. The van der Waals surface area contributed by atoms with Gasteiger partial charge in [-0.15, -0.1) is 11.3 Å². The highest BCUT2D eigenvalue weighted by Crippen LogP contribution is 2.28. The largest absolute Gasteiger partial charge is 0.284 e. The van der Waals surface area contributed by atoms with Gasteiger partial charge in [0.05, 0.1) is 16.8 Å². The van der Waals surface area contributed by atoms with Crippen LogP contribution in [0.1, 0.15) is 51.9 Å².